The van der Waals surface area contributed by atoms with Gasteiger partial charge < -0.3 is 9.72 Å². The maximum absolute atomic E-state index is 13.6. The van der Waals surface area contributed by atoms with Crippen LogP contribution in [0.1, 0.15) is 18.2 Å². The molecule has 26 heavy (non-hydrogen) atoms. The van der Waals surface area contributed by atoms with E-state index in [1.54, 1.807) is 6.92 Å². The number of aryl methyl sites for hydroxylation is 1. The summed E-state index contributed by atoms with van der Waals surface area (Å²) in [6.07, 6.45) is 0.550. The number of sulfonamides is 1. The van der Waals surface area contributed by atoms with Crippen LogP contribution >= 0.6 is 0 Å². The van der Waals surface area contributed by atoms with E-state index in [2.05, 4.69) is 9.71 Å². The molecule has 1 aromatic heterocycles. The van der Waals surface area contributed by atoms with Crippen molar-refractivity contribution in [2.75, 3.05) is 13.2 Å². The predicted molar refractivity (Wildman–Crippen MR) is 99.5 cm³/mol. The Hall–Kier alpha value is -2.38. The predicted octanol–water partition coefficient (Wildman–Crippen LogP) is 3.54. The number of H-pyrrole nitrogens is 1. The van der Waals surface area contributed by atoms with Gasteiger partial charge in [0.05, 0.1) is 11.5 Å². The lowest BCUT2D eigenvalue weighted by Gasteiger charge is -2.10. The van der Waals surface area contributed by atoms with Gasteiger partial charge in [-0.3, -0.25) is 0 Å². The first-order valence-electron chi connectivity index (χ1n) is 8.40. The van der Waals surface area contributed by atoms with Crippen LogP contribution in [-0.2, 0) is 16.4 Å². The Balaban J connectivity index is 1.74. The molecule has 0 fully saturated rings. The van der Waals surface area contributed by atoms with E-state index in [4.69, 9.17) is 4.74 Å². The average molecular weight is 376 g/mol. The molecule has 138 valence electrons. The molecule has 0 radical (unpaired) electrons. The third-order valence-corrected chi connectivity index (χ3v) is 5.67. The van der Waals surface area contributed by atoms with Crippen molar-refractivity contribution in [1.82, 2.24) is 9.71 Å². The van der Waals surface area contributed by atoms with Crippen LogP contribution in [0.3, 0.4) is 0 Å². The molecule has 2 aromatic carbocycles. The lowest BCUT2D eigenvalue weighted by molar-refractivity contribution is 0.320. The molecule has 7 heteroatoms. The number of ether oxygens (including phenoxy) is 1. The van der Waals surface area contributed by atoms with Gasteiger partial charge in [-0.2, -0.15) is 0 Å². The largest absolute Gasteiger partial charge is 0.491 e. The summed E-state index contributed by atoms with van der Waals surface area (Å²) in [5.41, 5.74) is 3.13. The highest BCUT2D eigenvalue weighted by Crippen LogP contribution is 2.23. The fraction of sp³-hybridized carbons (Fsp3) is 0.263. The Kier molecular flexibility index (Phi) is 5.29. The number of halogens is 1. The first kappa shape index (κ1) is 18.4. The summed E-state index contributed by atoms with van der Waals surface area (Å²) in [6, 6.07) is 11.5. The maximum Gasteiger partial charge on any atom is 0.240 e. The molecule has 0 atom stereocenters. The number of aromatic nitrogens is 1. The van der Waals surface area contributed by atoms with Gasteiger partial charge in [0.1, 0.15) is 0 Å². The minimum absolute atomic E-state index is 0.0157. The molecular weight excluding hydrogens is 355 g/mol. The standard InChI is InChI=1S/C19H21FN2O3S/c1-3-25-19-12-14(8-9-17(19)20)26(23,24)21-11-10-15-13(2)22-18-7-5-4-6-16(15)18/h4-9,12,21-22H,3,10-11H2,1-2H3. The van der Waals surface area contributed by atoms with Crippen LogP contribution in [0.2, 0.25) is 0 Å². The van der Waals surface area contributed by atoms with Crippen molar-refractivity contribution in [3.63, 3.8) is 0 Å². The number of hydrogen-bond acceptors (Lipinski definition) is 3. The molecule has 0 bridgehead atoms. The third-order valence-electron chi connectivity index (χ3n) is 4.21. The Morgan fingerprint density at radius 1 is 1.19 bits per heavy atom. The SMILES string of the molecule is CCOc1cc(S(=O)(=O)NCCc2c(C)[nH]c3ccccc23)ccc1F. The van der Waals surface area contributed by atoms with Crippen molar-refractivity contribution < 1.29 is 17.5 Å². The van der Waals surface area contributed by atoms with Crippen LogP contribution in [0.25, 0.3) is 10.9 Å². The summed E-state index contributed by atoms with van der Waals surface area (Å²) in [7, 11) is -3.74. The topological polar surface area (TPSA) is 71.2 Å². The van der Waals surface area contributed by atoms with Gasteiger partial charge in [0.25, 0.3) is 0 Å². The molecule has 5 nitrogen and oxygen atoms in total. The van der Waals surface area contributed by atoms with Crippen LogP contribution < -0.4 is 9.46 Å². The van der Waals surface area contributed by atoms with Gasteiger partial charge in [-0.05, 0) is 44.0 Å². The normalized spacial score (nSPS) is 11.8. The molecule has 3 aromatic rings. The third kappa shape index (κ3) is 3.73. The number of nitrogens with one attached hydrogen (secondary N) is 2. The molecule has 1 heterocycles. The van der Waals surface area contributed by atoms with E-state index < -0.39 is 15.8 Å². The quantitative estimate of drug-likeness (QED) is 0.663. The lowest BCUT2D eigenvalue weighted by Crippen LogP contribution is -2.26. The fourth-order valence-electron chi connectivity index (χ4n) is 2.97. The van der Waals surface area contributed by atoms with Crippen LogP contribution in [0, 0.1) is 12.7 Å². The van der Waals surface area contributed by atoms with Gasteiger partial charge in [0.15, 0.2) is 11.6 Å². The first-order chi connectivity index (χ1) is 12.4. The number of hydrogen-bond donors (Lipinski definition) is 2. The number of para-hydroxylation sites is 1. The zero-order valence-electron chi connectivity index (χ0n) is 14.7. The summed E-state index contributed by atoms with van der Waals surface area (Å²) < 4.78 is 46.3. The molecule has 0 saturated heterocycles. The fourth-order valence-corrected chi connectivity index (χ4v) is 4.01. The molecule has 0 aliphatic rings. The van der Waals surface area contributed by atoms with Crippen molar-refractivity contribution in [2.24, 2.45) is 0 Å². The molecule has 0 unspecified atom stereocenters. The molecular formula is C19H21FN2O3S. The Morgan fingerprint density at radius 3 is 2.73 bits per heavy atom. The van der Waals surface area contributed by atoms with Gasteiger partial charge >= 0.3 is 0 Å². The molecule has 3 rings (SSSR count). The van der Waals surface area contributed by atoms with Crippen LogP contribution in [0.15, 0.2) is 47.4 Å². The summed E-state index contributed by atoms with van der Waals surface area (Å²) in [4.78, 5) is 3.28. The summed E-state index contributed by atoms with van der Waals surface area (Å²) in [5.74, 6) is -0.650. The van der Waals surface area contributed by atoms with Crippen molar-refractivity contribution >= 4 is 20.9 Å². The smallest absolute Gasteiger partial charge is 0.240 e. The summed E-state index contributed by atoms with van der Waals surface area (Å²) in [5, 5.41) is 1.09. The van der Waals surface area contributed by atoms with Gasteiger partial charge in [0.2, 0.25) is 10.0 Å². The zero-order valence-corrected chi connectivity index (χ0v) is 15.5. The Morgan fingerprint density at radius 2 is 1.96 bits per heavy atom. The van der Waals surface area contributed by atoms with Gasteiger partial charge in [0, 0.05) is 29.2 Å². The van der Waals surface area contributed by atoms with E-state index in [9.17, 15) is 12.8 Å². The minimum atomic E-state index is -3.74. The highest BCUT2D eigenvalue weighted by atomic mass is 32.2. The summed E-state index contributed by atoms with van der Waals surface area (Å²) in [6.45, 7) is 4.18. The Labute approximate surface area is 152 Å². The second-order valence-corrected chi connectivity index (χ2v) is 7.71. The number of fused-ring (bicyclic) bond motifs is 1. The van der Waals surface area contributed by atoms with Crippen LogP contribution in [0.4, 0.5) is 4.39 Å². The number of rotatable bonds is 7. The summed E-state index contributed by atoms with van der Waals surface area (Å²) >= 11 is 0. The number of benzene rings is 2. The van der Waals surface area contributed by atoms with Gasteiger partial charge in [-0.1, -0.05) is 18.2 Å². The van der Waals surface area contributed by atoms with Crippen molar-refractivity contribution in [3.05, 3.63) is 59.5 Å². The first-order valence-corrected chi connectivity index (χ1v) is 9.89. The zero-order chi connectivity index (χ0) is 18.7. The van der Waals surface area contributed by atoms with E-state index in [1.807, 2.05) is 31.2 Å². The second kappa shape index (κ2) is 7.47. The highest BCUT2D eigenvalue weighted by molar-refractivity contribution is 7.89. The molecule has 0 aliphatic carbocycles. The number of aromatic amines is 1. The highest BCUT2D eigenvalue weighted by Gasteiger charge is 2.17. The van der Waals surface area contributed by atoms with Crippen molar-refractivity contribution in [1.29, 1.82) is 0 Å². The average Bonchev–Trinajstić information content (AvgIpc) is 2.92. The van der Waals surface area contributed by atoms with E-state index in [0.717, 1.165) is 28.2 Å². The van der Waals surface area contributed by atoms with E-state index in [-0.39, 0.29) is 23.8 Å². The van der Waals surface area contributed by atoms with E-state index in [0.29, 0.717) is 6.42 Å². The molecule has 0 saturated carbocycles. The van der Waals surface area contributed by atoms with Crippen molar-refractivity contribution in [3.8, 4) is 5.75 Å². The Bertz CT molecular complexity index is 1030. The second-order valence-electron chi connectivity index (χ2n) is 5.95. The molecule has 2 N–H and O–H groups in total. The van der Waals surface area contributed by atoms with Crippen molar-refractivity contribution in [2.45, 2.75) is 25.2 Å². The molecule has 0 aliphatic heterocycles. The van der Waals surface area contributed by atoms with Crippen LogP contribution in [-0.4, -0.2) is 26.6 Å². The molecule has 0 spiro atoms. The van der Waals surface area contributed by atoms with Gasteiger partial charge in [-0.25, -0.2) is 17.5 Å². The maximum atomic E-state index is 13.6. The molecule has 0 amide bonds. The lowest BCUT2D eigenvalue weighted by atomic mass is 10.1. The monoisotopic (exact) mass is 376 g/mol. The van der Waals surface area contributed by atoms with E-state index >= 15 is 0 Å². The van der Waals surface area contributed by atoms with E-state index in [1.165, 1.54) is 12.1 Å². The van der Waals surface area contributed by atoms with Crippen LogP contribution in [0.5, 0.6) is 5.75 Å². The minimum Gasteiger partial charge on any atom is -0.491 e. The van der Waals surface area contributed by atoms with Gasteiger partial charge in [-0.15, -0.1) is 0 Å².